The monoisotopic (exact) mass is 174 g/mol. The third-order valence-electron chi connectivity index (χ3n) is 2.29. The molecule has 0 unspecified atom stereocenters. The maximum Gasteiger partial charge on any atom is 0.151 e. The van der Waals surface area contributed by atoms with Crippen LogP contribution in [0.4, 0.5) is 0 Å². The number of hydrogen-bond donors (Lipinski definition) is 0. The van der Waals surface area contributed by atoms with E-state index < -0.39 is 0 Å². The molecule has 0 saturated heterocycles. The van der Waals surface area contributed by atoms with E-state index in [9.17, 15) is 4.79 Å². The molecule has 2 aromatic heterocycles. The second-order valence-electron chi connectivity index (χ2n) is 3.14. The highest BCUT2D eigenvalue weighted by molar-refractivity contribution is 5.84. The highest BCUT2D eigenvalue weighted by Gasteiger charge is 2.03. The number of aromatic nitrogens is 2. The van der Waals surface area contributed by atoms with Crippen LogP contribution in [0.3, 0.4) is 0 Å². The number of carbonyl (C=O) groups is 1. The van der Waals surface area contributed by atoms with Gasteiger partial charge in [0, 0.05) is 24.5 Å². The Kier molecular flexibility index (Phi) is 1.65. The van der Waals surface area contributed by atoms with Crippen molar-refractivity contribution in [2.24, 2.45) is 7.05 Å². The summed E-state index contributed by atoms with van der Waals surface area (Å²) in [5.41, 5.74) is 3.70. The Labute approximate surface area is 76.0 Å². The minimum Gasteiger partial charge on any atom is -0.347 e. The van der Waals surface area contributed by atoms with Crippen molar-refractivity contribution in [3.8, 4) is 0 Å². The summed E-state index contributed by atoms with van der Waals surface area (Å²) in [6.45, 7) is 2.02. The largest absolute Gasteiger partial charge is 0.347 e. The lowest BCUT2D eigenvalue weighted by molar-refractivity contribution is 0.112. The van der Waals surface area contributed by atoms with Gasteiger partial charge in [-0.25, -0.2) is 0 Å². The molecule has 0 atom stereocenters. The van der Waals surface area contributed by atoms with Crippen molar-refractivity contribution >= 4 is 17.3 Å². The van der Waals surface area contributed by atoms with Crippen LogP contribution < -0.4 is 0 Å². The van der Waals surface area contributed by atoms with Crippen LogP contribution in [0, 0.1) is 6.92 Å². The molecule has 13 heavy (non-hydrogen) atoms. The topological polar surface area (TPSA) is 34.9 Å². The third kappa shape index (κ3) is 1.13. The zero-order valence-corrected chi connectivity index (χ0v) is 7.61. The smallest absolute Gasteiger partial charge is 0.151 e. The fourth-order valence-corrected chi connectivity index (χ4v) is 1.41. The Morgan fingerprint density at radius 1 is 1.46 bits per heavy atom. The van der Waals surface area contributed by atoms with Gasteiger partial charge >= 0.3 is 0 Å². The number of hydrogen-bond acceptors (Lipinski definition) is 2. The van der Waals surface area contributed by atoms with Crippen molar-refractivity contribution in [3.63, 3.8) is 0 Å². The molecule has 0 fully saturated rings. The molecule has 3 heteroatoms. The van der Waals surface area contributed by atoms with Crippen LogP contribution in [0.1, 0.15) is 16.1 Å². The molecule has 0 saturated carbocycles. The Bertz CT molecular complexity index is 471. The van der Waals surface area contributed by atoms with Crippen LogP contribution in [0.15, 0.2) is 18.3 Å². The average Bonchev–Trinajstić information content (AvgIpc) is 2.43. The lowest BCUT2D eigenvalue weighted by Crippen LogP contribution is -1.91. The van der Waals surface area contributed by atoms with Gasteiger partial charge in [-0.05, 0) is 19.1 Å². The number of rotatable bonds is 1. The molecule has 0 aromatic carbocycles. The van der Waals surface area contributed by atoms with Gasteiger partial charge in [0.2, 0.25) is 0 Å². The van der Waals surface area contributed by atoms with Crippen molar-refractivity contribution in [1.29, 1.82) is 0 Å². The SMILES string of the molecule is Cc1cc2ncc(C=O)cc2n1C. The number of fused-ring (bicyclic) bond motifs is 1. The number of pyridine rings is 1. The first kappa shape index (κ1) is 7.98. The van der Waals surface area contributed by atoms with E-state index in [0.29, 0.717) is 5.56 Å². The summed E-state index contributed by atoms with van der Waals surface area (Å²) in [7, 11) is 1.97. The molecule has 0 N–H and O–H groups in total. The van der Waals surface area contributed by atoms with Gasteiger partial charge in [-0.3, -0.25) is 9.78 Å². The zero-order valence-electron chi connectivity index (χ0n) is 7.61. The van der Waals surface area contributed by atoms with Crippen LogP contribution in [0.25, 0.3) is 11.0 Å². The van der Waals surface area contributed by atoms with Gasteiger partial charge in [0.25, 0.3) is 0 Å². The van der Waals surface area contributed by atoms with E-state index in [4.69, 9.17) is 0 Å². The molecule has 0 aliphatic carbocycles. The number of nitrogens with zero attached hydrogens (tertiary/aromatic N) is 2. The van der Waals surface area contributed by atoms with Crippen LogP contribution in [-0.4, -0.2) is 15.8 Å². The predicted octanol–water partition coefficient (Wildman–Crippen LogP) is 1.69. The molecule has 0 aliphatic rings. The maximum absolute atomic E-state index is 10.5. The molecular formula is C10H10N2O. The molecule has 3 nitrogen and oxygen atoms in total. The Morgan fingerprint density at radius 3 is 2.92 bits per heavy atom. The van der Waals surface area contributed by atoms with Gasteiger partial charge in [0.1, 0.15) is 0 Å². The van der Waals surface area contributed by atoms with Crippen LogP contribution in [-0.2, 0) is 7.05 Å². The first-order valence-electron chi connectivity index (χ1n) is 4.09. The minimum absolute atomic E-state index is 0.619. The number of aryl methyl sites for hydroxylation is 2. The van der Waals surface area contributed by atoms with Crippen molar-refractivity contribution in [1.82, 2.24) is 9.55 Å². The Hall–Kier alpha value is -1.64. The molecule has 2 aromatic rings. The van der Waals surface area contributed by atoms with Gasteiger partial charge in [-0.15, -0.1) is 0 Å². The quantitative estimate of drug-likeness (QED) is 0.617. The molecule has 66 valence electrons. The van der Waals surface area contributed by atoms with Crippen molar-refractivity contribution in [2.75, 3.05) is 0 Å². The summed E-state index contributed by atoms with van der Waals surface area (Å²) < 4.78 is 2.02. The molecule has 0 aliphatic heterocycles. The second kappa shape index (κ2) is 2.69. The predicted molar refractivity (Wildman–Crippen MR) is 50.8 cm³/mol. The molecule has 2 heterocycles. The summed E-state index contributed by atoms with van der Waals surface area (Å²) in [6.07, 6.45) is 2.41. The van der Waals surface area contributed by atoms with E-state index in [0.717, 1.165) is 23.0 Å². The van der Waals surface area contributed by atoms with Crippen LogP contribution in [0.5, 0.6) is 0 Å². The fraction of sp³-hybridized carbons (Fsp3) is 0.200. The van der Waals surface area contributed by atoms with Gasteiger partial charge in [-0.1, -0.05) is 0 Å². The normalized spacial score (nSPS) is 10.6. The maximum atomic E-state index is 10.5. The molecule has 0 radical (unpaired) electrons. The highest BCUT2D eigenvalue weighted by atomic mass is 16.1. The molecular weight excluding hydrogens is 164 g/mol. The number of carbonyl (C=O) groups excluding carboxylic acids is 1. The summed E-state index contributed by atoms with van der Waals surface area (Å²) >= 11 is 0. The van der Waals surface area contributed by atoms with Crippen LogP contribution >= 0.6 is 0 Å². The van der Waals surface area contributed by atoms with Gasteiger partial charge in [0.05, 0.1) is 11.0 Å². The summed E-state index contributed by atoms with van der Waals surface area (Å²) in [5, 5.41) is 0. The molecule has 0 amide bonds. The van der Waals surface area contributed by atoms with Crippen molar-refractivity contribution in [3.05, 3.63) is 29.6 Å². The number of aldehydes is 1. The highest BCUT2D eigenvalue weighted by Crippen LogP contribution is 2.16. The third-order valence-corrected chi connectivity index (χ3v) is 2.29. The first-order valence-corrected chi connectivity index (χ1v) is 4.09. The summed E-state index contributed by atoms with van der Waals surface area (Å²) in [5.74, 6) is 0. The standard InChI is InChI=1S/C10H10N2O/c1-7-3-9-10(12(7)2)4-8(6-13)5-11-9/h3-6H,1-2H3. The van der Waals surface area contributed by atoms with Gasteiger partial charge in [0.15, 0.2) is 6.29 Å². The summed E-state index contributed by atoms with van der Waals surface area (Å²) in [6, 6.07) is 3.85. The average molecular weight is 174 g/mol. The van der Waals surface area contributed by atoms with Crippen molar-refractivity contribution in [2.45, 2.75) is 6.92 Å². The van der Waals surface area contributed by atoms with E-state index >= 15 is 0 Å². The second-order valence-corrected chi connectivity index (χ2v) is 3.14. The zero-order chi connectivity index (χ0) is 9.42. The first-order chi connectivity index (χ1) is 6.22. The van der Waals surface area contributed by atoms with E-state index in [1.807, 2.05) is 30.7 Å². The Balaban J connectivity index is 2.81. The van der Waals surface area contributed by atoms with E-state index in [2.05, 4.69) is 4.98 Å². The van der Waals surface area contributed by atoms with Crippen LogP contribution in [0.2, 0.25) is 0 Å². The van der Waals surface area contributed by atoms with E-state index in [1.165, 1.54) is 0 Å². The summed E-state index contributed by atoms with van der Waals surface area (Å²) in [4.78, 5) is 14.7. The lowest BCUT2D eigenvalue weighted by Gasteiger charge is -1.97. The van der Waals surface area contributed by atoms with E-state index in [-0.39, 0.29) is 0 Å². The molecule has 0 bridgehead atoms. The van der Waals surface area contributed by atoms with E-state index in [1.54, 1.807) is 6.20 Å². The fourth-order valence-electron chi connectivity index (χ4n) is 1.41. The molecule has 0 spiro atoms. The lowest BCUT2D eigenvalue weighted by atomic mass is 10.3. The van der Waals surface area contributed by atoms with Crippen molar-refractivity contribution < 1.29 is 4.79 Å². The van der Waals surface area contributed by atoms with Gasteiger partial charge < -0.3 is 4.57 Å². The molecule has 2 rings (SSSR count). The van der Waals surface area contributed by atoms with Gasteiger partial charge in [-0.2, -0.15) is 0 Å². The Morgan fingerprint density at radius 2 is 2.23 bits per heavy atom. The minimum atomic E-state index is 0.619.